The van der Waals surface area contributed by atoms with E-state index in [0.717, 1.165) is 5.56 Å². The van der Waals surface area contributed by atoms with Crippen molar-refractivity contribution in [3.63, 3.8) is 0 Å². The average Bonchev–Trinajstić information content (AvgIpc) is 2.95. The van der Waals surface area contributed by atoms with Gasteiger partial charge in [0.1, 0.15) is 11.3 Å². The number of fused-ring (bicyclic) bond motifs is 1. The molecule has 0 spiro atoms. The number of nitrogens with zero attached hydrogens (tertiary/aromatic N) is 1. The number of rotatable bonds is 5. The Labute approximate surface area is 155 Å². The van der Waals surface area contributed by atoms with Crippen LogP contribution in [0.4, 0.5) is 10.8 Å². The van der Waals surface area contributed by atoms with Gasteiger partial charge in [0.15, 0.2) is 5.13 Å². The first-order valence-electron chi connectivity index (χ1n) is 7.64. The average molecular weight is 391 g/mol. The molecule has 1 heterocycles. The summed E-state index contributed by atoms with van der Waals surface area (Å²) >= 11 is 1.24. The summed E-state index contributed by atoms with van der Waals surface area (Å²) in [6.45, 7) is 3.22. The lowest BCUT2D eigenvalue weighted by atomic mass is 10.2. The number of hydrogen-bond acceptors (Lipinski definition) is 6. The number of methoxy groups -OCH3 is 1. The highest BCUT2D eigenvalue weighted by atomic mass is 32.2. The molecule has 0 saturated heterocycles. The van der Waals surface area contributed by atoms with Gasteiger partial charge in [0.25, 0.3) is 10.0 Å². The van der Waals surface area contributed by atoms with Gasteiger partial charge < -0.3 is 10.1 Å². The van der Waals surface area contributed by atoms with Crippen molar-refractivity contribution in [1.82, 2.24) is 4.98 Å². The Morgan fingerprint density at radius 1 is 1.23 bits per heavy atom. The second-order valence-corrected chi connectivity index (χ2v) is 8.36. The Kier molecular flexibility index (Phi) is 4.84. The van der Waals surface area contributed by atoms with Gasteiger partial charge in [-0.15, -0.1) is 0 Å². The predicted octanol–water partition coefficient (Wildman–Crippen LogP) is 3.37. The van der Waals surface area contributed by atoms with Crippen LogP contribution in [0.1, 0.15) is 12.5 Å². The highest BCUT2D eigenvalue weighted by Crippen LogP contribution is 2.36. The summed E-state index contributed by atoms with van der Waals surface area (Å²) in [6, 6.07) is 9.87. The first-order valence-corrected chi connectivity index (χ1v) is 9.94. The van der Waals surface area contributed by atoms with E-state index >= 15 is 0 Å². The van der Waals surface area contributed by atoms with Crippen molar-refractivity contribution in [2.75, 3.05) is 17.1 Å². The molecule has 26 heavy (non-hydrogen) atoms. The minimum absolute atomic E-state index is 0.180. The van der Waals surface area contributed by atoms with E-state index in [1.165, 1.54) is 31.4 Å². The van der Waals surface area contributed by atoms with Crippen molar-refractivity contribution in [3.8, 4) is 5.75 Å². The zero-order valence-corrected chi connectivity index (χ0v) is 16.0. The number of amides is 1. The van der Waals surface area contributed by atoms with E-state index in [9.17, 15) is 13.2 Å². The zero-order chi connectivity index (χ0) is 18.9. The topological polar surface area (TPSA) is 97.4 Å². The molecule has 0 atom stereocenters. The van der Waals surface area contributed by atoms with E-state index in [2.05, 4.69) is 15.0 Å². The lowest BCUT2D eigenvalue weighted by Gasteiger charge is -2.10. The molecule has 0 radical (unpaired) electrons. The van der Waals surface area contributed by atoms with Crippen molar-refractivity contribution in [2.24, 2.45) is 0 Å². The number of thiazole rings is 1. The van der Waals surface area contributed by atoms with Crippen LogP contribution in [0.15, 0.2) is 41.3 Å². The fraction of sp³-hybridized carbons (Fsp3) is 0.176. The van der Waals surface area contributed by atoms with Crippen LogP contribution in [-0.2, 0) is 14.8 Å². The second kappa shape index (κ2) is 6.93. The number of carbonyl (C=O) groups is 1. The Bertz CT molecular complexity index is 1090. The summed E-state index contributed by atoms with van der Waals surface area (Å²) in [6.07, 6.45) is 0. The minimum Gasteiger partial charge on any atom is -0.494 e. The van der Waals surface area contributed by atoms with Crippen LogP contribution in [0.5, 0.6) is 5.75 Å². The first kappa shape index (κ1) is 18.2. The SMILES string of the molecule is COc1cc(NS(=O)(=O)c2cccc(C)c2)cc2sc(NC(C)=O)nc12. The van der Waals surface area contributed by atoms with E-state index in [0.29, 0.717) is 26.8 Å². The molecular formula is C17H17N3O4S2. The van der Waals surface area contributed by atoms with E-state index in [1.807, 2.05) is 13.0 Å². The summed E-state index contributed by atoms with van der Waals surface area (Å²) < 4.78 is 33.8. The fourth-order valence-corrected chi connectivity index (χ4v) is 4.53. The number of aromatic nitrogens is 1. The molecule has 0 aliphatic carbocycles. The molecule has 7 nitrogen and oxygen atoms in total. The van der Waals surface area contributed by atoms with Crippen LogP contribution in [0.25, 0.3) is 10.2 Å². The maximum absolute atomic E-state index is 12.6. The third-order valence-corrected chi connectivity index (χ3v) is 5.81. The highest BCUT2D eigenvalue weighted by Gasteiger charge is 2.17. The quantitative estimate of drug-likeness (QED) is 0.695. The minimum atomic E-state index is -3.73. The van der Waals surface area contributed by atoms with Gasteiger partial charge in [-0.05, 0) is 30.7 Å². The number of benzene rings is 2. The monoisotopic (exact) mass is 391 g/mol. The molecule has 2 N–H and O–H groups in total. The van der Waals surface area contributed by atoms with Gasteiger partial charge in [-0.25, -0.2) is 13.4 Å². The van der Waals surface area contributed by atoms with Gasteiger partial charge in [0.05, 0.1) is 22.4 Å². The Hall–Kier alpha value is -2.65. The number of sulfonamides is 1. The molecule has 0 aliphatic rings. The smallest absolute Gasteiger partial charge is 0.261 e. The van der Waals surface area contributed by atoms with Gasteiger partial charge in [0.2, 0.25) is 5.91 Å². The third-order valence-electron chi connectivity index (χ3n) is 3.51. The summed E-state index contributed by atoms with van der Waals surface area (Å²) in [5.74, 6) is 0.181. The summed E-state index contributed by atoms with van der Waals surface area (Å²) in [5.41, 5.74) is 1.76. The predicted molar refractivity (Wildman–Crippen MR) is 102 cm³/mol. The summed E-state index contributed by atoms with van der Waals surface area (Å²) in [7, 11) is -2.26. The van der Waals surface area contributed by atoms with Crippen LogP contribution in [0.3, 0.4) is 0 Å². The van der Waals surface area contributed by atoms with Crippen molar-refractivity contribution in [3.05, 3.63) is 42.0 Å². The highest BCUT2D eigenvalue weighted by molar-refractivity contribution is 7.92. The van der Waals surface area contributed by atoms with Crippen LogP contribution in [-0.4, -0.2) is 26.4 Å². The standard InChI is InChI=1S/C17H17N3O4S2/c1-10-5-4-6-13(7-10)26(22,23)20-12-8-14(24-3)16-15(9-12)25-17(19-16)18-11(2)21/h4-9,20H,1-3H3,(H,18,19,21). The molecule has 1 amide bonds. The van der Waals surface area contributed by atoms with Crippen LogP contribution >= 0.6 is 11.3 Å². The van der Waals surface area contributed by atoms with Crippen LogP contribution in [0, 0.1) is 6.92 Å². The lowest BCUT2D eigenvalue weighted by Crippen LogP contribution is -2.13. The van der Waals surface area contributed by atoms with Crippen LogP contribution in [0.2, 0.25) is 0 Å². The zero-order valence-electron chi connectivity index (χ0n) is 14.4. The number of hydrogen-bond donors (Lipinski definition) is 2. The van der Waals surface area contributed by atoms with E-state index in [1.54, 1.807) is 24.3 Å². The molecule has 0 aliphatic heterocycles. The molecule has 0 unspecified atom stereocenters. The molecular weight excluding hydrogens is 374 g/mol. The Balaban J connectivity index is 2.01. The summed E-state index contributed by atoms with van der Waals surface area (Å²) in [5, 5.41) is 3.04. The number of carbonyl (C=O) groups excluding carboxylic acids is 1. The fourth-order valence-electron chi connectivity index (χ4n) is 2.41. The normalized spacial score (nSPS) is 11.3. The maximum Gasteiger partial charge on any atom is 0.261 e. The number of anilines is 2. The summed E-state index contributed by atoms with van der Waals surface area (Å²) in [4.78, 5) is 15.7. The van der Waals surface area contributed by atoms with Gasteiger partial charge >= 0.3 is 0 Å². The number of ether oxygens (including phenoxy) is 1. The third kappa shape index (κ3) is 3.78. The molecule has 2 aromatic carbocycles. The Morgan fingerprint density at radius 2 is 2.00 bits per heavy atom. The van der Waals surface area contributed by atoms with E-state index < -0.39 is 10.0 Å². The van der Waals surface area contributed by atoms with Crippen LogP contribution < -0.4 is 14.8 Å². The van der Waals surface area contributed by atoms with Crippen molar-refractivity contribution in [1.29, 1.82) is 0 Å². The molecule has 3 rings (SSSR count). The molecule has 1 aromatic heterocycles. The molecule has 0 bridgehead atoms. The van der Waals surface area contributed by atoms with Crippen molar-refractivity contribution >= 4 is 48.3 Å². The lowest BCUT2D eigenvalue weighted by molar-refractivity contribution is -0.114. The molecule has 3 aromatic rings. The van der Waals surface area contributed by atoms with E-state index in [-0.39, 0.29) is 10.8 Å². The largest absolute Gasteiger partial charge is 0.494 e. The van der Waals surface area contributed by atoms with Gasteiger partial charge in [0, 0.05) is 13.0 Å². The van der Waals surface area contributed by atoms with Gasteiger partial charge in [-0.2, -0.15) is 0 Å². The number of aryl methyl sites for hydroxylation is 1. The van der Waals surface area contributed by atoms with E-state index in [4.69, 9.17) is 4.74 Å². The van der Waals surface area contributed by atoms with Crippen molar-refractivity contribution < 1.29 is 17.9 Å². The molecule has 0 saturated carbocycles. The molecule has 0 fully saturated rings. The Morgan fingerprint density at radius 3 is 2.65 bits per heavy atom. The second-order valence-electron chi connectivity index (χ2n) is 5.65. The van der Waals surface area contributed by atoms with Gasteiger partial charge in [-0.3, -0.25) is 9.52 Å². The first-order chi connectivity index (χ1) is 12.3. The number of nitrogens with one attached hydrogen (secondary N) is 2. The molecule has 9 heteroatoms. The van der Waals surface area contributed by atoms with Crippen molar-refractivity contribution in [2.45, 2.75) is 18.7 Å². The maximum atomic E-state index is 12.6. The molecule has 136 valence electrons. The van der Waals surface area contributed by atoms with Gasteiger partial charge in [-0.1, -0.05) is 23.5 Å².